The number of ether oxygens (including phenoxy) is 1. The van der Waals surface area contributed by atoms with E-state index in [1.165, 1.54) is 0 Å². The topological polar surface area (TPSA) is 29.5 Å². The van der Waals surface area contributed by atoms with E-state index in [4.69, 9.17) is 17.0 Å². The van der Waals surface area contributed by atoms with Crippen LogP contribution in [0.5, 0.6) is 5.75 Å². The molecule has 0 aliphatic heterocycles. The number of aromatic hydroxyl groups is 1. The van der Waals surface area contributed by atoms with Crippen molar-refractivity contribution in [1.82, 2.24) is 0 Å². The highest BCUT2D eigenvalue weighted by atomic mass is 32.1. The number of rotatable bonds is 3. The molecular formula is C15H14O2S. The fourth-order valence-electron chi connectivity index (χ4n) is 1.82. The molecule has 0 aliphatic rings. The van der Waals surface area contributed by atoms with Gasteiger partial charge < -0.3 is 9.84 Å². The second kappa shape index (κ2) is 5.65. The first-order chi connectivity index (χ1) is 8.74. The molecule has 0 spiro atoms. The summed E-state index contributed by atoms with van der Waals surface area (Å²) in [6.45, 7) is 2.36. The van der Waals surface area contributed by atoms with E-state index < -0.39 is 0 Å². The molecule has 0 heterocycles. The number of hydrogen-bond donors (Lipinski definition) is 1. The van der Waals surface area contributed by atoms with Gasteiger partial charge in [-0.25, -0.2) is 0 Å². The quantitative estimate of drug-likeness (QED) is 0.850. The Balaban J connectivity index is 2.55. The Hall–Kier alpha value is -1.87. The van der Waals surface area contributed by atoms with E-state index in [2.05, 4.69) is 0 Å². The van der Waals surface area contributed by atoms with Gasteiger partial charge in [0.25, 0.3) is 0 Å². The van der Waals surface area contributed by atoms with E-state index in [0.29, 0.717) is 17.2 Å². The lowest BCUT2D eigenvalue weighted by Gasteiger charge is -2.12. The van der Waals surface area contributed by atoms with Crippen LogP contribution in [0, 0.1) is 0 Å². The van der Waals surface area contributed by atoms with E-state index in [1.54, 1.807) is 12.1 Å². The standard InChI is InChI=1S/C15H14O2S/c1-2-17-15(18)14-12(9-6-10-13(14)16)11-7-4-3-5-8-11/h3-10,16H,2H2,1H3. The van der Waals surface area contributed by atoms with Gasteiger partial charge in [0, 0.05) is 0 Å². The van der Waals surface area contributed by atoms with Crippen LogP contribution in [0.3, 0.4) is 0 Å². The SMILES string of the molecule is CCOC(=S)c1c(O)cccc1-c1ccccc1. The number of thiocarbonyl (C=S) groups is 1. The van der Waals surface area contributed by atoms with Crippen molar-refractivity contribution >= 4 is 17.3 Å². The summed E-state index contributed by atoms with van der Waals surface area (Å²) in [5.41, 5.74) is 2.47. The van der Waals surface area contributed by atoms with E-state index in [-0.39, 0.29) is 5.75 Å². The molecule has 2 aromatic carbocycles. The van der Waals surface area contributed by atoms with Crippen molar-refractivity contribution < 1.29 is 9.84 Å². The third kappa shape index (κ3) is 2.51. The van der Waals surface area contributed by atoms with Gasteiger partial charge in [0.05, 0.1) is 12.2 Å². The lowest BCUT2D eigenvalue weighted by atomic mass is 9.99. The van der Waals surface area contributed by atoms with Crippen molar-refractivity contribution in [1.29, 1.82) is 0 Å². The van der Waals surface area contributed by atoms with Gasteiger partial charge in [-0.1, -0.05) is 42.5 Å². The molecule has 0 unspecified atom stereocenters. The summed E-state index contributed by atoms with van der Waals surface area (Å²) < 4.78 is 5.34. The maximum absolute atomic E-state index is 9.98. The summed E-state index contributed by atoms with van der Waals surface area (Å²) >= 11 is 5.21. The third-order valence-electron chi connectivity index (χ3n) is 2.61. The minimum absolute atomic E-state index is 0.148. The van der Waals surface area contributed by atoms with Gasteiger partial charge in [-0.2, -0.15) is 0 Å². The molecule has 2 rings (SSSR count). The molecule has 0 bridgehead atoms. The van der Waals surface area contributed by atoms with Gasteiger partial charge in [0.15, 0.2) is 5.05 Å². The normalized spacial score (nSPS) is 10.1. The Morgan fingerprint density at radius 1 is 1.11 bits per heavy atom. The van der Waals surface area contributed by atoms with Crippen molar-refractivity contribution in [3.05, 3.63) is 54.1 Å². The molecule has 2 aromatic rings. The lowest BCUT2D eigenvalue weighted by molar-refractivity contribution is 0.336. The van der Waals surface area contributed by atoms with Crippen LogP contribution in [0.2, 0.25) is 0 Å². The van der Waals surface area contributed by atoms with Gasteiger partial charge in [0.2, 0.25) is 0 Å². The average Bonchev–Trinajstić information content (AvgIpc) is 2.39. The minimum atomic E-state index is 0.148. The number of hydrogen-bond acceptors (Lipinski definition) is 3. The Kier molecular flexibility index (Phi) is 3.95. The number of phenolic OH excluding ortho intramolecular Hbond substituents is 1. The van der Waals surface area contributed by atoms with E-state index in [9.17, 15) is 5.11 Å². The average molecular weight is 258 g/mol. The van der Waals surface area contributed by atoms with Crippen LogP contribution in [0.1, 0.15) is 12.5 Å². The van der Waals surface area contributed by atoms with Crippen LogP contribution in [0.4, 0.5) is 0 Å². The summed E-state index contributed by atoms with van der Waals surface area (Å²) in [5.74, 6) is 0.148. The predicted octanol–water partition coefficient (Wildman–Crippen LogP) is 3.77. The van der Waals surface area contributed by atoms with Crippen LogP contribution in [-0.2, 0) is 4.74 Å². The van der Waals surface area contributed by atoms with Gasteiger partial charge in [-0.3, -0.25) is 0 Å². The maximum atomic E-state index is 9.98. The molecule has 0 fully saturated rings. The van der Waals surface area contributed by atoms with Crippen LogP contribution in [0.15, 0.2) is 48.5 Å². The molecule has 0 aromatic heterocycles. The smallest absolute Gasteiger partial charge is 0.195 e. The summed E-state index contributed by atoms with van der Waals surface area (Å²) in [4.78, 5) is 0. The van der Waals surface area contributed by atoms with Gasteiger partial charge in [-0.05, 0) is 36.3 Å². The first-order valence-electron chi connectivity index (χ1n) is 5.78. The fourth-order valence-corrected chi connectivity index (χ4v) is 2.15. The zero-order valence-corrected chi connectivity index (χ0v) is 10.9. The van der Waals surface area contributed by atoms with Crippen LogP contribution < -0.4 is 0 Å². The zero-order valence-electron chi connectivity index (χ0n) is 10.1. The summed E-state index contributed by atoms with van der Waals surface area (Å²) in [7, 11) is 0. The first kappa shape index (κ1) is 12.6. The Bertz CT molecular complexity index is 550. The maximum Gasteiger partial charge on any atom is 0.195 e. The number of benzene rings is 2. The second-order valence-electron chi connectivity index (χ2n) is 3.79. The van der Waals surface area contributed by atoms with Gasteiger partial charge >= 0.3 is 0 Å². The molecule has 2 nitrogen and oxygen atoms in total. The molecule has 0 atom stereocenters. The van der Waals surface area contributed by atoms with Crippen molar-refractivity contribution in [2.24, 2.45) is 0 Å². The zero-order chi connectivity index (χ0) is 13.0. The summed E-state index contributed by atoms with van der Waals surface area (Å²) in [5, 5.41) is 10.3. The largest absolute Gasteiger partial charge is 0.507 e. The van der Waals surface area contributed by atoms with E-state index in [0.717, 1.165) is 11.1 Å². The third-order valence-corrected chi connectivity index (χ3v) is 2.93. The van der Waals surface area contributed by atoms with Crippen molar-refractivity contribution in [2.45, 2.75) is 6.92 Å². The highest BCUT2D eigenvalue weighted by Crippen LogP contribution is 2.30. The Labute approximate surface area is 112 Å². The highest BCUT2D eigenvalue weighted by molar-refractivity contribution is 7.80. The van der Waals surface area contributed by atoms with Crippen molar-refractivity contribution in [3.8, 4) is 16.9 Å². The fraction of sp³-hybridized carbons (Fsp3) is 0.133. The molecule has 18 heavy (non-hydrogen) atoms. The summed E-state index contributed by atoms with van der Waals surface area (Å²) in [6, 6.07) is 15.2. The van der Waals surface area contributed by atoms with Gasteiger partial charge in [-0.15, -0.1) is 0 Å². The molecule has 0 radical (unpaired) electrons. The first-order valence-corrected chi connectivity index (χ1v) is 6.19. The van der Waals surface area contributed by atoms with Crippen LogP contribution in [0.25, 0.3) is 11.1 Å². The van der Waals surface area contributed by atoms with Crippen molar-refractivity contribution in [2.75, 3.05) is 6.61 Å². The van der Waals surface area contributed by atoms with Crippen molar-refractivity contribution in [3.63, 3.8) is 0 Å². The Morgan fingerprint density at radius 3 is 2.50 bits per heavy atom. The number of phenols is 1. The molecule has 92 valence electrons. The molecule has 0 amide bonds. The molecule has 0 saturated carbocycles. The lowest BCUT2D eigenvalue weighted by Crippen LogP contribution is -2.05. The molecule has 0 aliphatic carbocycles. The predicted molar refractivity (Wildman–Crippen MR) is 76.9 cm³/mol. The van der Waals surface area contributed by atoms with E-state index >= 15 is 0 Å². The molecule has 1 N–H and O–H groups in total. The Morgan fingerprint density at radius 2 is 1.83 bits per heavy atom. The highest BCUT2D eigenvalue weighted by Gasteiger charge is 2.14. The van der Waals surface area contributed by atoms with E-state index in [1.807, 2.05) is 43.3 Å². The van der Waals surface area contributed by atoms with Gasteiger partial charge in [0.1, 0.15) is 5.75 Å². The minimum Gasteiger partial charge on any atom is -0.507 e. The second-order valence-corrected chi connectivity index (χ2v) is 4.16. The molecular weight excluding hydrogens is 244 g/mol. The monoisotopic (exact) mass is 258 g/mol. The van der Waals surface area contributed by atoms with Crippen LogP contribution >= 0.6 is 12.2 Å². The summed E-state index contributed by atoms with van der Waals surface area (Å²) in [6.07, 6.45) is 0. The van der Waals surface area contributed by atoms with Crippen LogP contribution in [-0.4, -0.2) is 16.8 Å². The molecule has 0 saturated heterocycles. The molecule has 3 heteroatoms.